The molecule has 0 spiro atoms. The van der Waals surface area contributed by atoms with E-state index >= 15 is 0 Å². The van der Waals surface area contributed by atoms with E-state index in [0.717, 1.165) is 5.75 Å². The molecular formula is C9H16O4S. The van der Waals surface area contributed by atoms with Crippen molar-refractivity contribution in [1.82, 2.24) is 0 Å². The van der Waals surface area contributed by atoms with Crippen LogP contribution in [0.5, 0.6) is 0 Å². The first-order valence-corrected chi connectivity index (χ1v) is 5.60. The van der Waals surface area contributed by atoms with E-state index in [0.29, 0.717) is 19.0 Å². The molecule has 4 nitrogen and oxygen atoms in total. The van der Waals surface area contributed by atoms with Crippen LogP contribution >= 0.6 is 11.8 Å². The van der Waals surface area contributed by atoms with Crippen LogP contribution in [0.1, 0.15) is 13.3 Å². The van der Waals surface area contributed by atoms with Crippen molar-refractivity contribution in [1.29, 1.82) is 0 Å². The molecule has 0 saturated carbocycles. The molecule has 0 aromatic rings. The van der Waals surface area contributed by atoms with Gasteiger partial charge in [0.1, 0.15) is 6.42 Å². The van der Waals surface area contributed by atoms with Crippen molar-refractivity contribution in [3.05, 3.63) is 0 Å². The van der Waals surface area contributed by atoms with Crippen molar-refractivity contribution >= 4 is 23.5 Å². The summed E-state index contributed by atoms with van der Waals surface area (Å²) >= 11 is 1.46. The second kappa shape index (κ2) is 9.02. The van der Waals surface area contributed by atoms with Crippen molar-refractivity contribution in [2.45, 2.75) is 13.3 Å². The summed E-state index contributed by atoms with van der Waals surface area (Å²) in [5.41, 5.74) is 0. The predicted molar refractivity (Wildman–Crippen MR) is 55.5 cm³/mol. The highest BCUT2D eigenvalue weighted by molar-refractivity contribution is 7.99. The van der Waals surface area contributed by atoms with E-state index in [2.05, 4.69) is 4.74 Å². The van der Waals surface area contributed by atoms with E-state index in [-0.39, 0.29) is 12.2 Å². The van der Waals surface area contributed by atoms with Gasteiger partial charge in [0.25, 0.3) is 0 Å². The number of hydrogen-bond acceptors (Lipinski definition) is 5. The van der Waals surface area contributed by atoms with Crippen LogP contribution in [0.15, 0.2) is 0 Å². The second-order valence-electron chi connectivity index (χ2n) is 2.57. The minimum atomic E-state index is -0.440. The van der Waals surface area contributed by atoms with Crippen LogP contribution in [0.4, 0.5) is 0 Å². The fourth-order valence-corrected chi connectivity index (χ4v) is 1.51. The molecule has 0 aromatic heterocycles. The van der Waals surface area contributed by atoms with Gasteiger partial charge in [-0.15, -0.1) is 0 Å². The number of ketones is 1. The largest absolute Gasteiger partial charge is 0.466 e. The number of thioether (sulfide) groups is 1. The third-order valence-corrected chi connectivity index (χ3v) is 2.32. The summed E-state index contributed by atoms with van der Waals surface area (Å²) in [6.07, 6.45) is -0.117. The molecule has 5 heteroatoms. The molecule has 0 bridgehead atoms. The lowest BCUT2D eigenvalue weighted by molar-refractivity contribution is -0.145. The molecule has 82 valence electrons. The average molecular weight is 220 g/mol. The molecule has 0 aliphatic carbocycles. The fourth-order valence-electron chi connectivity index (χ4n) is 0.752. The monoisotopic (exact) mass is 220 g/mol. The summed E-state index contributed by atoms with van der Waals surface area (Å²) in [6.45, 7) is 2.66. The molecule has 0 saturated heterocycles. The number of carbonyl (C=O) groups is 2. The van der Waals surface area contributed by atoms with Crippen molar-refractivity contribution in [2.24, 2.45) is 0 Å². The van der Waals surface area contributed by atoms with Crippen LogP contribution in [0.25, 0.3) is 0 Å². The van der Waals surface area contributed by atoms with Gasteiger partial charge in [-0.05, 0) is 6.92 Å². The topological polar surface area (TPSA) is 52.6 Å². The zero-order valence-corrected chi connectivity index (χ0v) is 9.39. The average Bonchev–Trinajstić information content (AvgIpc) is 2.13. The molecule has 0 rings (SSSR count). The number of Topliss-reactive ketones (excluding diaryl/α,β-unsaturated/α-hetero) is 1. The third kappa shape index (κ3) is 8.07. The SMILES string of the molecule is CCOC(=O)CC(=O)CSCCOC. The van der Waals surface area contributed by atoms with E-state index < -0.39 is 5.97 Å². The lowest BCUT2D eigenvalue weighted by atomic mass is 10.3. The Morgan fingerprint density at radius 2 is 2.07 bits per heavy atom. The summed E-state index contributed by atoms with van der Waals surface area (Å²) in [5, 5.41) is 0. The van der Waals surface area contributed by atoms with E-state index in [1.54, 1.807) is 14.0 Å². The van der Waals surface area contributed by atoms with Gasteiger partial charge in [-0.1, -0.05) is 0 Å². The molecule has 0 radical (unpaired) electrons. The molecule has 0 aromatic carbocycles. The summed E-state index contributed by atoms with van der Waals surface area (Å²) < 4.78 is 9.47. The van der Waals surface area contributed by atoms with Crippen LogP contribution < -0.4 is 0 Å². The molecule has 14 heavy (non-hydrogen) atoms. The molecular weight excluding hydrogens is 204 g/mol. The molecule has 0 N–H and O–H groups in total. The number of carbonyl (C=O) groups excluding carboxylic acids is 2. The summed E-state index contributed by atoms with van der Waals surface area (Å²) in [7, 11) is 1.61. The quantitative estimate of drug-likeness (QED) is 0.345. The van der Waals surface area contributed by atoms with Gasteiger partial charge < -0.3 is 9.47 Å². The molecule has 0 unspecified atom stereocenters. The number of hydrogen-bond donors (Lipinski definition) is 0. The highest BCUT2D eigenvalue weighted by atomic mass is 32.2. The van der Waals surface area contributed by atoms with E-state index in [9.17, 15) is 9.59 Å². The first-order valence-electron chi connectivity index (χ1n) is 4.44. The molecule has 0 fully saturated rings. The highest BCUT2D eigenvalue weighted by Gasteiger charge is 2.09. The lowest BCUT2D eigenvalue weighted by Crippen LogP contribution is -2.13. The standard InChI is InChI=1S/C9H16O4S/c1-3-13-9(11)6-8(10)7-14-5-4-12-2/h3-7H2,1-2H3. The van der Waals surface area contributed by atoms with Crippen LogP contribution in [-0.2, 0) is 19.1 Å². The van der Waals surface area contributed by atoms with Crippen LogP contribution in [0.2, 0.25) is 0 Å². The Kier molecular flexibility index (Phi) is 8.67. The number of methoxy groups -OCH3 is 1. The number of rotatable bonds is 8. The van der Waals surface area contributed by atoms with Crippen molar-refractivity contribution < 1.29 is 19.1 Å². The second-order valence-corrected chi connectivity index (χ2v) is 3.67. The molecule has 0 heterocycles. The Balaban J connectivity index is 3.40. The van der Waals surface area contributed by atoms with Gasteiger partial charge in [0.15, 0.2) is 5.78 Å². The van der Waals surface area contributed by atoms with Gasteiger partial charge in [-0.3, -0.25) is 9.59 Å². The van der Waals surface area contributed by atoms with Gasteiger partial charge >= 0.3 is 5.97 Å². The third-order valence-electron chi connectivity index (χ3n) is 1.34. The number of esters is 1. The lowest BCUT2D eigenvalue weighted by Gasteiger charge is -2.01. The normalized spacial score (nSPS) is 9.86. The van der Waals surface area contributed by atoms with Crippen LogP contribution in [0.3, 0.4) is 0 Å². The summed E-state index contributed by atoms with van der Waals surface area (Å²) in [5.74, 6) is 0.585. The van der Waals surface area contributed by atoms with E-state index in [1.165, 1.54) is 11.8 Å². The first kappa shape index (κ1) is 13.4. The van der Waals surface area contributed by atoms with E-state index in [4.69, 9.17) is 4.74 Å². The minimum absolute atomic E-state index is 0.0930. The number of ether oxygens (including phenoxy) is 2. The fraction of sp³-hybridized carbons (Fsp3) is 0.778. The summed E-state index contributed by atoms with van der Waals surface area (Å²) in [4.78, 5) is 22.0. The van der Waals surface area contributed by atoms with Gasteiger partial charge in [-0.25, -0.2) is 0 Å². The Bertz CT molecular complexity index is 182. The Morgan fingerprint density at radius 3 is 2.64 bits per heavy atom. The molecule has 0 aliphatic heterocycles. The molecule has 0 atom stereocenters. The van der Waals surface area contributed by atoms with Gasteiger partial charge in [0, 0.05) is 12.9 Å². The van der Waals surface area contributed by atoms with Gasteiger partial charge in [-0.2, -0.15) is 11.8 Å². The van der Waals surface area contributed by atoms with Crippen LogP contribution in [0, 0.1) is 0 Å². The molecule has 0 amide bonds. The molecule has 0 aliphatic rings. The van der Waals surface area contributed by atoms with Gasteiger partial charge in [0.2, 0.25) is 0 Å². The van der Waals surface area contributed by atoms with Gasteiger partial charge in [0.05, 0.1) is 19.0 Å². The highest BCUT2D eigenvalue weighted by Crippen LogP contribution is 2.02. The Morgan fingerprint density at radius 1 is 1.36 bits per heavy atom. The maximum Gasteiger partial charge on any atom is 0.313 e. The maximum atomic E-state index is 11.1. The zero-order chi connectivity index (χ0) is 10.8. The maximum absolute atomic E-state index is 11.1. The summed E-state index contributed by atoms with van der Waals surface area (Å²) in [6, 6.07) is 0. The minimum Gasteiger partial charge on any atom is -0.466 e. The van der Waals surface area contributed by atoms with Crippen LogP contribution in [-0.4, -0.2) is 43.6 Å². The Labute approximate surface area is 88.3 Å². The van der Waals surface area contributed by atoms with Crippen molar-refractivity contribution in [2.75, 3.05) is 31.8 Å². The van der Waals surface area contributed by atoms with E-state index in [1.807, 2.05) is 0 Å². The zero-order valence-electron chi connectivity index (χ0n) is 8.58. The first-order chi connectivity index (χ1) is 6.70. The van der Waals surface area contributed by atoms with Crippen molar-refractivity contribution in [3.63, 3.8) is 0 Å². The smallest absolute Gasteiger partial charge is 0.313 e. The predicted octanol–water partition coefficient (Wildman–Crippen LogP) is 0.888. The Hall–Kier alpha value is -0.550. The van der Waals surface area contributed by atoms with Crippen molar-refractivity contribution in [3.8, 4) is 0 Å².